The van der Waals surface area contributed by atoms with Gasteiger partial charge in [-0.15, -0.1) is 17.8 Å². The number of benzene rings is 2. The van der Waals surface area contributed by atoms with Crippen molar-refractivity contribution in [3.63, 3.8) is 0 Å². The number of allylic oxidation sites excluding steroid dienone is 4. The molecule has 0 bridgehead atoms. The second kappa shape index (κ2) is 14.2. The Hall–Kier alpha value is -4.68. The van der Waals surface area contributed by atoms with E-state index in [2.05, 4.69) is 41.2 Å². The average Bonchev–Trinajstić information content (AvgIpc) is 2.94. The zero-order valence-corrected chi connectivity index (χ0v) is 21.6. The third-order valence-electron chi connectivity index (χ3n) is 5.65. The van der Waals surface area contributed by atoms with Crippen LogP contribution in [-0.4, -0.2) is 36.2 Å². The first-order valence-electron chi connectivity index (χ1n) is 12.7. The topological polar surface area (TPSA) is 92.3 Å². The van der Waals surface area contributed by atoms with E-state index in [-0.39, 0.29) is 23.1 Å². The molecule has 0 aliphatic heterocycles. The van der Waals surface area contributed by atoms with Crippen LogP contribution in [0.15, 0.2) is 72.1 Å². The van der Waals surface area contributed by atoms with Gasteiger partial charge in [-0.25, -0.2) is 0 Å². The summed E-state index contributed by atoms with van der Waals surface area (Å²) in [5, 5.41) is 5.90. The van der Waals surface area contributed by atoms with E-state index in [1.54, 1.807) is 48.5 Å². The number of carbonyl (C=O) groups is 4. The van der Waals surface area contributed by atoms with E-state index in [0.29, 0.717) is 53.2 Å². The van der Waals surface area contributed by atoms with Gasteiger partial charge >= 0.3 is 0 Å². The van der Waals surface area contributed by atoms with Crippen LogP contribution in [0.4, 0.5) is 0 Å². The molecule has 2 aromatic carbocycles. The number of Topliss-reactive ketones (excluding diaryl/α,β-unsaturated/α-hetero) is 2. The summed E-state index contributed by atoms with van der Waals surface area (Å²) in [6, 6.07) is 13.7. The lowest BCUT2D eigenvalue weighted by Crippen LogP contribution is -2.27. The Morgan fingerprint density at radius 3 is 1.63 bits per heavy atom. The average molecular weight is 507 g/mol. The van der Waals surface area contributed by atoms with Crippen molar-refractivity contribution in [3.8, 4) is 23.7 Å². The van der Waals surface area contributed by atoms with Crippen molar-refractivity contribution in [2.24, 2.45) is 0 Å². The van der Waals surface area contributed by atoms with Crippen LogP contribution in [0.25, 0.3) is 0 Å². The quantitative estimate of drug-likeness (QED) is 0.437. The van der Waals surface area contributed by atoms with Crippen LogP contribution < -0.4 is 10.6 Å². The molecule has 0 heterocycles. The van der Waals surface area contributed by atoms with Crippen molar-refractivity contribution in [2.75, 3.05) is 13.1 Å². The summed E-state index contributed by atoms with van der Waals surface area (Å²) < 4.78 is 0. The number of rotatable bonds is 6. The van der Waals surface area contributed by atoms with Crippen LogP contribution in [-0.2, 0) is 0 Å². The molecule has 0 saturated heterocycles. The Morgan fingerprint density at radius 1 is 0.605 bits per heavy atom. The first-order valence-corrected chi connectivity index (χ1v) is 12.7. The molecule has 6 nitrogen and oxygen atoms in total. The third-order valence-corrected chi connectivity index (χ3v) is 5.65. The fraction of sp³-hybridized carbons (Fsp3) is 0.250. The molecule has 6 heteroatoms. The fourth-order valence-corrected chi connectivity index (χ4v) is 3.78. The lowest BCUT2D eigenvalue weighted by molar-refractivity contribution is 0.0978. The van der Waals surface area contributed by atoms with Gasteiger partial charge in [0.2, 0.25) is 11.6 Å². The zero-order valence-electron chi connectivity index (χ0n) is 21.6. The summed E-state index contributed by atoms with van der Waals surface area (Å²) in [5.41, 5.74) is 2.56. The lowest BCUT2D eigenvalue weighted by Gasteiger charge is -2.15. The van der Waals surface area contributed by atoms with Crippen LogP contribution in [0.2, 0.25) is 0 Å². The molecule has 0 fully saturated rings. The molecule has 0 spiro atoms. The Labute approximate surface area is 223 Å². The number of ketones is 4. The van der Waals surface area contributed by atoms with Crippen molar-refractivity contribution in [2.45, 2.75) is 39.5 Å². The molecule has 38 heavy (non-hydrogen) atoms. The first-order chi connectivity index (χ1) is 18.5. The number of fused-ring (bicyclic) bond motifs is 2. The highest BCUT2D eigenvalue weighted by atomic mass is 16.1. The van der Waals surface area contributed by atoms with Gasteiger partial charge in [0, 0.05) is 60.2 Å². The minimum atomic E-state index is -0.150. The molecule has 0 aromatic heterocycles. The monoisotopic (exact) mass is 506 g/mol. The highest BCUT2D eigenvalue weighted by Crippen LogP contribution is 2.20. The molecule has 2 aromatic rings. The van der Waals surface area contributed by atoms with Crippen molar-refractivity contribution in [1.82, 2.24) is 10.6 Å². The summed E-state index contributed by atoms with van der Waals surface area (Å²) in [4.78, 5) is 48.0. The molecule has 192 valence electrons. The van der Waals surface area contributed by atoms with Gasteiger partial charge in [0.25, 0.3) is 0 Å². The molecule has 0 atom stereocenters. The fourth-order valence-electron chi connectivity index (χ4n) is 3.78. The Bertz CT molecular complexity index is 1420. The number of carbonyl (C=O) groups excluding carboxylic acids is 4. The first kappa shape index (κ1) is 27.9. The molecular weight excluding hydrogens is 476 g/mol. The SMILES string of the molecule is CCC#CCNC1=CC(=O)c2ccccc2C1=O.CCCC#CCCNC1=CC(=O)c2ccccc2C1=O. The summed E-state index contributed by atoms with van der Waals surface area (Å²) >= 11 is 0. The van der Waals surface area contributed by atoms with Gasteiger partial charge in [-0.2, -0.15) is 0 Å². The van der Waals surface area contributed by atoms with E-state index in [4.69, 9.17) is 0 Å². The summed E-state index contributed by atoms with van der Waals surface area (Å²) in [5.74, 6) is 11.3. The van der Waals surface area contributed by atoms with Crippen molar-refractivity contribution < 1.29 is 19.2 Å². The Morgan fingerprint density at radius 2 is 1.11 bits per heavy atom. The van der Waals surface area contributed by atoms with Crippen LogP contribution >= 0.6 is 0 Å². The van der Waals surface area contributed by atoms with Crippen LogP contribution in [0.3, 0.4) is 0 Å². The standard InChI is InChI=1S/C17H17NO2.C15H13NO2/c1-2-3-4-5-8-11-18-15-12-16(19)13-9-6-7-10-14(13)17(15)20;1-2-3-6-9-16-13-10-14(17)11-7-4-5-8-12(11)15(13)18/h6-7,9-10,12,18H,2-3,8,11H2,1H3;4-5,7-8,10,16H,2,9H2,1H3. The molecule has 2 aliphatic rings. The number of hydrogen-bond acceptors (Lipinski definition) is 6. The van der Waals surface area contributed by atoms with E-state index >= 15 is 0 Å². The molecule has 0 unspecified atom stereocenters. The molecule has 2 aliphatic carbocycles. The second-order valence-corrected chi connectivity index (χ2v) is 8.43. The smallest absolute Gasteiger partial charge is 0.209 e. The lowest BCUT2D eigenvalue weighted by atomic mass is 9.93. The largest absolute Gasteiger partial charge is 0.381 e. The van der Waals surface area contributed by atoms with E-state index in [1.807, 2.05) is 6.92 Å². The number of nitrogens with one attached hydrogen (secondary N) is 2. The van der Waals surface area contributed by atoms with E-state index in [0.717, 1.165) is 19.3 Å². The van der Waals surface area contributed by atoms with Crippen molar-refractivity contribution in [1.29, 1.82) is 0 Å². The van der Waals surface area contributed by atoms with Gasteiger partial charge in [-0.05, 0) is 6.42 Å². The Balaban J connectivity index is 0.000000212. The second-order valence-electron chi connectivity index (χ2n) is 8.43. The molecule has 0 saturated carbocycles. The maximum atomic E-state index is 12.2. The van der Waals surface area contributed by atoms with Gasteiger partial charge in [-0.3, -0.25) is 19.2 Å². The summed E-state index contributed by atoms with van der Waals surface area (Å²) in [6.45, 7) is 4.99. The summed E-state index contributed by atoms with van der Waals surface area (Å²) in [6.07, 6.45) is 6.11. The molecule has 0 radical (unpaired) electrons. The normalized spacial score (nSPS) is 13.2. The summed E-state index contributed by atoms with van der Waals surface area (Å²) in [7, 11) is 0. The highest BCUT2D eigenvalue weighted by Gasteiger charge is 2.25. The van der Waals surface area contributed by atoms with Crippen molar-refractivity contribution in [3.05, 3.63) is 94.3 Å². The molecule has 0 amide bonds. The van der Waals surface area contributed by atoms with Crippen LogP contribution in [0.5, 0.6) is 0 Å². The van der Waals surface area contributed by atoms with Gasteiger partial charge in [0.1, 0.15) is 0 Å². The number of unbranched alkanes of at least 4 members (excludes halogenated alkanes) is 1. The molecular formula is C32H30N2O4. The predicted molar refractivity (Wildman–Crippen MR) is 148 cm³/mol. The maximum Gasteiger partial charge on any atom is 0.209 e. The van der Waals surface area contributed by atoms with E-state index in [1.165, 1.54) is 12.2 Å². The van der Waals surface area contributed by atoms with Gasteiger partial charge in [0.15, 0.2) is 11.6 Å². The van der Waals surface area contributed by atoms with Gasteiger partial charge in [0.05, 0.1) is 17.9 Å². The highest BCUT2D eigenvalue weighted by molar-refractivity contribution is 6.25. The number of hydrogen-bond donors (Lipinski definition) is 2. The van der Waals surface area contributed by atoms with E-state index < -0.39 is 0 Å². The minimum absolute atomic E-state index is 0.123. The maximum absolute atomic E-state index is 12.2. The van der Waals surface area contributed by atoms with Crippen LogP contribution in [0, 0.1) is 23.7 Å². The minimum Gasteiger partial charge on any atom is -0.381 e. The predicted octanol–water partition coefficient (Wildman–Crippen LogP) is 4.69. The Kier molecular flexibility index (Phi) is 10.4. The van der Waals surface area contributed by atoms with E-state index in [9.17, 15) is 19.2 Å². The zero-order chi connectivity index (χ0) is 27.3. The molecule has 4 rings (SSSR count). The van der Waals surface area contributed by atoms with Crippen LogP contribution in [0.1, 0.15) is 81.0 Å². The van der Waals surface area contributed by atoms with Gasteiger partial charge < -0.3 is 10.6 Å². The van der Waals surface area contributed by atoms with Crippen molar-refractivity contribution >= 4 is 23.1 Å². The third kappa shape index (κ3) is 7.18. The molecule has 2 N–H and O–H groups in total. The van der Waals surface area contributed by atoms with Gasteiger partial charge in [-0.1, -0.05) is 68.3 Å².